The van der Waals surface area contributed by atoms with E-state index in [0.717, 1.165) is 24.0 Å². The van der Waals surface area contributed by atoms with Crippen LogP contribution < -0.4 is 0 Å². The Kier molecular flexibility index (Phi) is 9.20. The lowest BCUT2D eigenvalue weighted by Gasteiger charge is -1.99. The van der Waals surface area contributed by atoms with Crippen molar-refractivity contribution < 1.29 is 10.2 Å². The van der Waals surface area contributed by atoms with Crippen LogP contribution in [0, 0.1) is 0 Å². The first-order chi connectivity index (χ1) is 10.7. The van der Waals surface area contributed by atoms with Crippen molar-refractivity contribution in [2.75, 3.05) is 0 Å². The van der Waals surface area contributed by atoms with Crippen molar-refractivity contribution in [2.24, 2.45) is 0 Å². The van der Waals surface area contributed by atoms with Crippen molar-refractivity contribution in [1.82, 2.24) is 0 Å². The van der Waals surface area contributed by atoms with Crippen molar-refractivity contribution >= 4 is 0 Å². The molecule has 22 heavy (non-hydrogen) atoms. The maximum Gasteiger partial charge on any atom is 0.0681 e. The van der Waals surface area contributed by atoms with Crippen LogP contribution in [0.15, 0.2) is 48.5 Å². The summed E-state index contributed by atoms with van der Waals surface area (Å²) < 4.78 is 0. The molecule has 0 aromatic heterocycles. The molecule has 0 fully saturated rings. The highest BCUT2D eigenvalue weighted by molar-refractivity contribution is 5.22. The molecule has 0 aliphatic rings. The second-order valence-electron chi connectivity index (χ2n) is 5.45. The lowest BCUT2D eigenvalue weighted by molar-refractivity contribution is 0.281. The third kappa shape index (κ3) is 6.88. The maximum atomic E-state index is 8.76. The van der Waals surface area contributed by atoms with Gasteiger partial charge in [0.05, 0.1) is 13.2 Å². The van der Waals surface area contributed by atoms with Gasteiger partial charge in [-0.1, -0.05) is 75.2 Å². The Hall–Kier alpha value is -1.64. The summed E-state index contributed by atoms with van der Waals surface area (Å²) in [4.78, 5) is 0. The standard InChI is InChI=1S/2C10H14O/c2*1-2-3-9-4-6-10(8-11)7-5-9/h2*4-7,11H,2-3,8H2,1H3. The van der Waals surface area contributed by atoms with Crippen LogP contribution in [0.4, 0.5) is 0 Å². The van der Waals surface area contributed by atoms with Gasteiger partial charge in [0.15, 0.2) is 0 Å². The van der Waals surface area contributed by atoms with Gasteiger partial charge in [-0.25, -0.2) is 0 Å². The van der Waals surface area contributed by atoms with E-state index < -0.39 is 0 Å². The molecule has 2 aromatic carbocycles. The largest absolute Gasteiger partial charge is 0.392 e. The van der Waals surface area contributed by atoms with Gasteiger partial charge >= 0.3 is 0 Å². The number of aryl methyl sites for hydroxylation is 2. The van der Waals surface area contributed by atoms with Crippen LogP contribution in [-0.4, -0.2) is 10.2 Å². The van der Waals surface area contributed by atoms with Crippen LogP contribution in [0.2, 0.25) is 0 Å². The summed E-state index contributed by atoms with van der Waals surface area (Å²) in [7, 11) is 0. The Morgan fingerprint density at radius 3 is 1.05 bits per heavy atom. The zero-order valence-electron chi connectivity index (χ0n) is 13.8. The first-order valence-electron chi connectivity index (χ1n) is 8.10. The number of aliphatic hydroxyl groups excluding tert-OH is 2. The molecule has 0 radical (unpaired) electrons. The predicted octanol–water partition coefficient (Wildman–Crippen LogP) is 4.26. The highest BCUT2D eigenvalue weighted by Crippen LogP contribution is 2.06. The van der Waals surface area contributed by atoms with Crippen LogP contribution in [0.25, 0.3) is 0 Å². The number of rotatable bonds is 6. The molecule has 2 aromatic rings. The van der Waals surface area contributed by atoms with E-state index in [4.69, 9.17) is 10.2 Å². The molecule has 120 valence electrons. The van der Waals surface area contributed by atoms with Crippen LogP contribution in [-0.2, 0) is 26.1 Å². The molecule has 0 saturated heterocycles. The first-order valence-corrected chi connectivity index (χ1v) is 8.10. The van der Waals surface area contributed by atoms with Crippen LogP contribution in [0.3, 0.4) is 0 Å². The molecule has 0 atom stereocenters. The summed E-state index contributed by atoms with van der Waals surface area (Å²) in [6, 6.07) is 16.2. The molecule has 2 rings (SSSR count). The van der Waals surface area contributed by atoms with E-state index in [1.807, 2.05) is 24.3 Å². The van der Waals surface area contributed by atoms with E-state index >= 15 is 0 Å². The minimum atomic E-state index is 0.145. The van der Waals surface area contributed by atoms with Crippen molar-refractivity contribution in [3.8, 4) is 0 Å². The van der Waals surface area contributed by atoms with Gasteiger partial charge in [0.25, 0.3) is 0 Å². The van der Waals surface area contributed by atoms with Gasteiger partial charge < -0.3 is 10.2 Å². The van der Waals surface area contributed by atoms with E-state index in [9.17, 15) is 0 Å². The topological polar surface area (TPSA) is 40.5 Å². The Bertz CT molecular complexity index is 451. The van der Waals surface area contributed by atoms with Gasteiger partial charge in [-0.2, -0.15) is 0 Å². The van der Waals surface area contributed by atoms with E-state index in [0.29, 0.717) is 0 Å². The van der Waals surface area contributed by atoms with Crippen LogP contribution >= 0.6 is 0 Å². The maximum absolute atomic E-state index is 8.76. The lowest BCUT2D eigenvalue weighted by Crippen LogP contribution is -1.85. The molecule has 0 saturated carbocycles. The zero-order chi connectivity index (χ0) is 16.2. The molecule has 2 nitrogen and oxygen atoms in total. The highest BCUT2D eigenvalue weighted by atomic mass is 16.3. The average Bonchev–Trinajstić information content (AvgIpc) is 2.57. The fraction of sp³-hybridized carbons (Fsp3) is 0.400. The number of hydrogen-bond donors (Lipinski definition) is 2. The molecule has 0 aliphatic heterocycles. The van der Waals surface area contributed by atoms with Crippen molar-refractivity contribution in [1.29, 1.82) is 0 Å². The molecule has 0 heterocycles. The molecule has 0 aliphatic carbocycles. The minimum Gasteiger partial charge on any atom is -0.392 e. The molecule has 0 amide bonds. The van der Waals surface area contributed by atoms with Gasteiger partial charge in [-0.3, -0.25) is 0 Å². The van der Waals surface area contributed by atoms with Crippen molar-refractivity contribution in [2.45, 2.75) is 52.7 Å². The van der Waals surface area contributed by atoms with Crippen LogP contribution in [0.1, 0.15) is 48.9 Å². The Balaban J connectivity index is 0.000000220. The third-order valence-electron chi connectivity index (χ3n) is 3.49. The number of benzene rings is 2. The lowest BCUT2D eigenvalue weighted by atomic mass is 10.1. The van der Waals surface area contributed by atoms with E-state index in [1.54, 1.807) is 0 Å². The summed E-state index contributed by atoms with van der Waals surface area (Å²) in [6.07, 6.45) is 4.62. The Morgan fingerprint density at radius 1 is 0.545 bits per heavy atom. The van der Waals surface area contributed by atoms with Gasteiger partial charge in [-0.15, -0.1) is 0 Å². The summed E-state index contributed by atoms with van der Waals surface area (Å²) >= 11 is 0. The molecular formula is C20H28O2. The minimum absolute atomic E-state index is 0.145. The SMILES string of the molecule is CCCc1ccc(CO)cc1.CCCc1ccc(CO)cc1. The monoisotopic (exact) mass is 300 g/mol. The van der Waals surface area contributed by atoms with Gasteiger partial charge in [-0.05, 0) is 35.1 Å². The fourth-order valence-electron chi connectivity index (χ4n) is 2.20. The second kappa shape index (κ2) is 11.0. The summed E-state index contributed by atoms with van der Waals surface area (Å²) in [5.74, 6) is 0. The Morgan fingerprint density at radius 2 is 0.818 bits per heavy atom. The van der Waals surface area contributed by atoms with Crippen molar-refractivity contribution in [3.63, 3.8) is 0 Å². The predicted molar refractivity (Wildman–Crippen MR) is 92.7 cm³/mol. The van der Waals surface area contributed by atoms with Crippen LogP contribution in [0.5, 0.6) is 0 Å². The quantitative estimate of drug-likeness (QED) is 0.836. The molecule has 2 N–H and O–H groups in total. The number of aliphatic hydroxyl groups is 2. The second-order valence-corrected chi connectivity index (χ2v) is 5.45. The molecule has 0 unspecified atom stereocenters. The van der Waals surface area contributed by atoms with E-state index in [-0.39, 0.29) is 13.2 Å². The summed E-state index contributed by atoms with van der Waals surface area (Å²) in [6.45, 7) is 4.62. The van der Waals surface area contributed by atoms with Gasteiger partial charge in [0, 0.05) is 0 Å². The molecule has 0 spiro atoms. The zero-order valence-corrected chi connectivity index (χ0v) is 13.8. The van der Waals surface area contributed by atoms with E-state index in [2.05, 4.69) is 38.1 Å². The third-order valence-corrected chi connectivity index (χ3v) is 3.49. The summed E-state index contributed by atoms with van der Waals surface area (Å²) in [5.41, 5.74) is 4.68. The molecule has 2 heteroatoms. The first kappa shape index (κ1) is 18.4. The summed E-state index contributed by atoms with van der Waals surface area (Å²) in [5, 5.41) is 17.5. The van der Waals surface area contributed by atoms with E-state index in [1.165, 1.54) is 24.0 Å². The average molecular weight is 300 g/mol. The smallest absolute Gasteiger partial charge is 0.0681 e. The molecule has 0 bridgehead atoms. The normalized spacial score (nSPS) is 10.0. The Labute approximate surface area is 134 Å². The van der Waals surface area contributed by atoms with Crippen molar-refractivity contribution in [3.05, 3.63) is 70.8 Å². The van der Waals surface area contributed by atoms with Gasteiger partial charge in [0.2, 0.25) is 0 Å². The highest BCUT2D eigenvalue weighted by Gasteiger charge is 1.92. The number of hydrogen-bond acceptors (Lipinski definition) is 2. The van der Waals surface area contributed by atoms with Gasteiger partial charge in [0.1, 0.15) is 0 Å². The fourth-order valence-corrected chi connectivity index (χ4v) is 2.20. The molecular weight excluding hydrogens is 272 g/mol.